The van der Waals surface area contributed by atoms with Crippen molar-refractivity contribution in [2.75, 3.05) is 12.4 Å². The third-order valence-electron chi connectivity index (χ3n) is 3.44. The molecule has 9 heteroatoms. The zero-order valence-electron chi connectivity index (χ0n) is 13.8. The average molecular weight is 364 g/mol. The van der Waals surface area contributed by atoms with Crippen molar-refractivity contribution in [2.45, 2.75) is 32.1 Å². The quantitative estimate of drug-likeness (QED) is 0.358. The second kappa shape index (κ2) is 9.70. The Bertz CT molecular complexity index is 702. The number of hydroxylamine groups is 1. The molecule has 1 heterocycles. The van der Waals surface area contributed by atoms with Gasteiger partial charge in [-0.25, -0.2) is 5.48 Å². The number of unbranched alkanes of at least 4 members (excludes halogenated alkanes) is 2. The zero-order chi connectivity index (χ0) is 18.1. The number of methoxy groups -OCH3 is 1. The highest BCUT2D eigenvalue weighted by Gasteiger charge is 2.10. The Morgan fingerprint density at radius 2 is 1.76 bits per heavy atom. The molecule has 2 rings (SSSR count). The van der Waals surface area contributed by atoms with E-state index in [1.807, 2.05) is 24.3 Å². The standard InChI is InChI=1S/C16H20N4O4S/c1-24-12-9-7-11(8-10-12)15-18-19-16(25-15)17-13(21)5-3-2-4-6-14(22)20-23/h7-10,23H,2-6H2,1H3,(H,20,22)(H,17,19,21). The first-order valence-corrected chi connectivity index (χ1v) is 8.64. The summed E-state index contributed by atoms with van der Waals surface area (Å²) in [4.78, 5) is 22.7. The van der Waals surface area contributed by atoms with E-state index >= 15 is 0 Å². The number of hydrogen-bond donors (Lipinski definition) is 3. The predicted molar refractivity (Wildman–Crippen MR) is 93.5 cm³/mol. The molecule has 1 aromatic carbocycles. The molecule has 2 amide bonds. The van der Waals surface area contributed by atoms with Gasteiger partial charge in [-0.05, 0) is 37.1 Å². The van der Waals surface area contributed by atoms with Gasteiger partial charge >= 0.3 is 0 Å². The Kier molecular flexibility index (Phi) is 7.30. The lowest BCUT2D eigenvalue weighted by Gasteiger charge is -2.01. The lowest BCUT2D eigenvalue weighted by Crippen LogP contribution is -2.17. The number of benzene rings is 1. The highest BCUT2D eigenvalue weighted by atomic mass is 32.1. The molecule has 0 aliphatic heterocycles. The van der Waals surface area contributed by atoms with Crippen molar-refractivity contribution in [1.82, 2.24) is 15.7 Å². The molecule has 0 aliphatic rings. The summed E-state index contributed by atoms with van der Waals surface area (Å²) in [7, 11) is 1.61. The molecule has 2 aromatic rings. The zero-order valence-corrected chi connectivity index (χ0v) is 14.6. The molecule has 0 fully saturated rings. The van der Waals surface area contributed by atoms with Gasteiger partial charge in [-0.3, -0.25) is 14.8 Å². The largest absolute Gasteiger partial charge is 0.497 e. The molecular weight excluding hydrogens is 344 g/mol. The van der Waals surface area contributed by atoms with Crippen LogP contribution in [0.1, 0.15) is 32.1 Å². The topological polar surface area (TPSA) is 113 Å². The van der Waals surface area contributed by atoms with Crippen LogP contribution in [0.4, 0.5) is 5.13 Å². The molecule has 8 nitrogen and oxygen atoms in total. The van der Waals surface area contributed by atoms with Gasteiger partial charge in [0.15, 0.2) is 0 Å². The van der Waals surface area contributed by atoms with Crippen LogP contribution in [-0.4, -0.2) is 34.3 Å². The van der Waals surface area contributed by atoms with E-state index in [2.05, 4.69) is 15.5 Å². The minimum atomic E-state index is -0.413. The first-order chi connectivity index (χ1) is 12.1. The molecule has 0 aliphatic carbocycles. The molecule has 25 heavy (non-hydrogen) atoms. The summed E-state index contributed by atoms with van der Waals surface area (Å²) >= 11 is 1.30. The number of amides is 2. The number of nitrogens with zero attached hydrogens (tertiary/aromatic N) is 2. The predicted octanol–water partition coefficient (Wildman–Crippen LogP) is 2.61. The summed E-state index contributed by atoms with van der Waals surface area (Å²) in [6.45, 7) is 0. The summed E-state index contributed by atoms with van der Waals surface area (Å²) in [5.41, 5.74) is 2.48. The van der Waals surface area contributed by atoms with E-state index in [0.717, 1.165) is 17.7 Å². The summed E-state index contributed by atoms with van der Waals surface area (Å²) in [6, 6.07) is 7.44. The fourth-order valence-corrected chi connectivity index (χ4v) is 2.87. The van der Waals surface area contributed by atoms with Crippen LogP contribution in [0.15, 0.2) is 24.3 Å². The van der Waals surface area contributed by atoms with Gasteiger partial charge in [-0.2, -0.15) is 0 Å². The highest BCUT2D eigenvalue weighted by molar-refractivity contribution is 7.18. The Morgan fingerprint density at radius 3 is 2.40 bits per heavy atom. The molecule has 0 saturated carbocycles. The third-order valence-corrected chi connectivity index (χ3v) is 4.33. The fraction of sp³-hybridized carbons (Fsp3) is 0.375. The van der Waals surface area contributed by atoms with Crippen molar-refractivity contribution < 1.29 is 19.5 Å². The van der Waals surface area contributed by atoms with Crippen LogP contribution in [0.2, 0.25) is 0 Å². The van der Waals surface area contributed by atoms with Gasteiger partial charge in [0.2, 0.25) is 16.9 Å². The van der Waals surface area contributed by atoms with Gasteiger partial charge in [0.25, 0.3) is 0 Å². The van der Waals surface area contributed by atoms with Crippen molar-refractivity contribution in [1.29, 1.82) is 0 Å². The third kappa shape index (κ3) is 6.12. The molecule has 0 spiro atoms. The summed E-state index contributed by atoms with van der Waals surface area (Å²) in [6.07, 6.45) is 2.61. The molecule has 0 bridgehead atoms. The van der Waals surface area contributed by atoms with E-state index in [0.29, 0.717) is 29.4 Å². The second-order valence-corrected chi connectivity index (χ2v) is 6.26. The van der Waals surface area contributed by atoms with Crippen molar-refractivity contribution in [3.8, 4) is 16.3 Å². The summed E-state index contributed by atoms with van der Waals surface area (Å²) in [5.74, 6) is 0.215. The number of carbonyl (C=O) groups is 2. The van der Waals surface area contributed by atoms with Crippen LogP contribution in [0, 0.1) is 0 Å². The molecular formula is C16H20N4O4S. The number of anilines is 1. The number of aromatic nitrogens is 2. The maximum absolute atomic E-state index is 11.9. The maximum Gasteiger partial charge on any atom is 0.243 e. The number of nitrogens with one attached hydrogen (secondary N) is 2. The van der Waals surface area contributed by atoms with Gasteiger partial charge < -0.3 is 10.1 Å². The highest BCUT2D eigenvalue weighted by Crippen LogP contribution is 2.27. The normalized spacial score (nSPS) is 10.3. The van der Waals surface area contributed by atoms with Crippen LogP contribution in [0.25, 0.3) is 10.6 Å². The first kappa shape index (κ1) is 18.8. The lowest BCUT2D eigenvalue weighted by molar-refractivity contribution is -0.129. The van der Waals surface area contributed by atoms with Crippen LogP contribution >= 0.6 is 11.3 Å². The van der Waals surface area contributed by atoms with Crippen molar-refractivity contribution >= 4 is 28.3 Å². The van der Waals surface area contributed by atoms with E-state index in [9.17, 15) is 9.59 Å². The van der Waals surface area contributed by atoms with Crippen LogP contribution in [-0.2, 0) is 9.59 Å². The lowest BCUT2D eigenvalue weighted by atomic mass is 10.1. The molecule has 0 unspecified atom stereocenters. The Morgan fingerprint density at radius 1 is 1.08 bits per heavy atom. The van der Waals surface area contributed by atoms with E-state index in [4.69, 9.17) is 9.94 Å². The molecule has 0 radical (unpaired) electrons. The van der Waals surface area contributed by atoms with E-state index in [1.165, 1.54) is 11.3 Å². The van der Waals surface area contributed by atoms with E-state index in [1.54, 1.807) is 12.6 Å². The summed E-state index contributed by atoms with van der Waals surface area (Å²) in [5, 5.41) is 20.3. The van der Waals surface area contributed by atoms with Gasteiger partial charge in [0, 0.05) is 18.4 Å². The number of hydrogen-bond acceptors (Lipinski definition) is 7. The van der Waals surface area contributed by atoms with Crippen LogP contribution in [0.3, 0.4) is 0 Å². The van der Waals surface area contributed by atoms with Gasteiger partial charge in [0.05, 0.1) is 7.11 Å². The monoisotopic (exact) mass is 364 g/mol. The van der Waals surface area contributed by atoms with Gasteiger partial charge in [-0.1, -0.05) is 17.8 Å². The Hall–Kier alpha value is -2.52. The first-order valence-electron chi connectivity index (χ1n) is 7.83. The smallest absolute Gasteiger partial charge is 0.243 e. The number of rotatable bonds is 9. The Labute approximate surface area is 149 Å². The summed E-state index contributed by atoms with van der Waals surface area (Å²) < 4.78 is 5.11. The van der Waals surface area contributed by atoms with Crippen molar-refractivity contribution in [2.24, 2.45) is 0 Å². The molecule has 1 aromatic heterocycles. The fourth-order valence-electron chi connectivity index (χ4n) is 2.11. The SMILES string of the molecule is COc1ccc(-c2nnc(NC(=O)CCCCCC(=O)NO)s2)cc1. The average Bonchev–Trinajstić information content (AvgIpc) is 3.09. The van der Waals surface area contributed by atoms with Gasteiger partial charge in [0.1, 0.15) is 10.8 Å². The minimum Gasteiger partial charge on any atom is -0.497 e. The molecule has 0 atom stereocenters. The second-order valence-electron chi connectivity index (χ2n) is 5.28. The minimum absolute atomic E-state index is 0.135. The number of ether oxygens (including phenoxy) is 1. The van der Waals surface area contributed by atoms with E-state index < -0.39 is 5.91 Å². The van der Waals surface area contributed by atoms with Crippen LogP contribution < -0.4 is 15.5 Å². The van der Waals surface area contributed by atoms with Crippen molar-refractivity contribution in [3.63, 3.8) is 0 Å². The van der Waals surface area contributed by atoms with Gasteiger partial charge in [-0.15, -0.1) is 10.2 Å². The molecule has 3 N–H and O–H groups in total. The molecule has 134 valence electrons. The number of carbonyl (C=O) groups excluding carboxylic acids is 2. The maximum atomic E-state index is 11.9. The van der Waals surface area contributed by atoms with Crippen molar-refractivity contribution in [3.05, 3.63) is 24.3 Å². The molecule has 0 saturated heterocycles. The van der Waals surface area contributed by atoms with E-state index in [-0.39, 0.29) is 12.3 Å². The Balaban J connectivity index is 1.76. The van der Waals surface area contributed by atoms with Crippen LogP contribution in [0.5, 0.6) is 5.75 Å².